The van der Waals surface area contributed by atoms with Gasteiger partial charge in [0.1, 0.15) is 23.7 Å². The monoisotopic (exact) mass is 456 g/mol. The Morgan fingerprint density at radius 3 is 2.70 bits per heavy atom. The van der Waals surface area contributed by atoms with Crippen molar-refractivity contribution in [3.8, 4) is 11.5 Å². The molecule has 1 N–H and O–H groups in total. The molecule has 1 heterocycles. The zero-order valence-corrected chi connectivity index (χ0v) is 18.0. The minimum Gasteiger partial charge on any atom is -0.491 e. The van der Waals surface area contributed by atoms with Crippen LogP contribution in [0.15, 0.2) is 48.5 Å². The van der Waals surface area contributed by atoms with Gasteiger partial charge in [-0.2, -0.15) is 8.42 Å². The second-order valence-corrected chi connectivity index (χ2v) is 9.43. The predicted octanol–water partition coefficient (Wildman–Crippen LogP) is 3.60. The number of carbonyl (C=O) groups excluding carboxylic acids is 1. The van der Waals surface area contributed by atoms with E-state index >= 15 is 0 Å². The van der Waals surface area contributed by atoms with Crippen LogP contribution in [0.5, 0.6) is 11.5 Å². The molecule has 0 saturated carbocycles. The Balaban J connectivity index is 1.59. The summed E-state index contributed by atoms with van der Waals surface area (Å²) in [6.07, 6.45) is 1.62. The summed E-state index contributed by atoms with van der Waals surface area (Å²) in [7, 11) is -4.80. The smallest absolute Gasteiger partial charge is 0.332 e. The number of amides is 1. The first-order chi connectivity index (χ1) is 14.1. The lowest BCUT2D eigenvalue weighted by Gasteiger charge is -2.32. The number of ether oxygens (including phenoxy) is 2. The van der Waals surface area contributed by atoms with Gasteiger partial charge in [-0.05, 0) is 62.6 Å². The maximum absolute atomic E-state index is 14.3. The van der Waals surface area contributed by atoms with Crippen molar-refractivity contribution in [2.45, 2.75) is 37.8 Å². The van der Waals surface area contributed by atoms with Crippen molar-refractivity contribution in [3.05, 3.63) is 59.7 Å². The Kier molecular flexibility index (Phi) is 6.54. The molecule has 1 amide bonds. The highest BCUT2D eigenvalue weighted by Gasteiger charge is 2.32. The van der Waals surface area contributed by atoms with Crippen LogP contribution in [0.2, 0.25) is 0 Å². The summed E-state index contributed by atoms with van der Waals surface area (Å²) in [6, 6.07) is 12.7. The van der Waals surface area contributed by atoms with Crippen molar-refractivity contribution in [3.63, 3.8) is 0 Å². The van der Waals surface area contributed by atoms with Crippen molar-refractivity contribution in [2.75, 3.05) is 6.61 Å². The van der Waals surface area contributed by atoms with E-state index in [9.17, 15) is 17.7 Å². The lowest BCUT2D eigenvalue weighted by molar-refractivity contribution is 0.0830. The number of fused-ring (bicyclic) bond motifs is 1. The van der Waals surface area contributed by atoms with Crippen LogP contribution >= 0.6 is 11.6 Å². The molecule has 0 fully saturated rings. The maximum atomic E-state index is 14.3. The van der Waals surface area contributed by atoms with E-state index in [0.717, 1.165) is 24.2 Å². The molecule has 10 heteroatoms. The third kappa shape index (κ3) is 5.41. The van der Waals surface area contributed by atoms with Gasteiger partial charge in [0.25, 0.3) is 5.91 Å². The number of nitrogens with zero attached hydrogens (tertiary/aromatic N) is 1. The standard InChI is InChI=1S/C20H22ClFN2O5S/c1-20(2)11-10-15-12-16(8-9-17(15)29-20)28-13-18(21)24(22)30(26,27)23-19(25)14-6-4-3-5-7-14/h3-9,12,18H,10-11,13H2,1-2H3,(H,23,25). The van der Waals surface area contributed by atoms with Gasteiger partial charge in [-0.25, -0.2) is 4.72 Å². The van der Waals surface area contributed by atoms with E-state index in [1.807, 2.05) is 13.8 Å². The number of rotatable bonds is 7. The number of benzene rings is 2. The molecule has 30 heavy (non-hydrogen) atoms. The van der Waals surface area contributed by atoms with Gasteiger partial charge in [0.2, 0.25) is 0 Å². The molecule has 0 saturated heterocycles. The van der Waals surface area contributed by atoms with E-state index in [1.165, 1.54) is 12.1 Å². The molecule has 162 valence electrons. The van der Waals surface area contributed by atoms with Crippen molar-refractivity contribution < 1.29 is 27.2 Å². The van der Waals surface area contributed by atoms with Gasteiger partial charge in [-0.3, -0.25) is 4.79 Å². The number of alkyl halides is 1. The second-order valence-electron chi connectivity index (χ2n) is 7.42. The topological polar surface area (TPSA) is 84.9 Å². The van der Waals surface area contributed by atoms with Gasteiger partial charge in [0, 0.05) is 10.1 Å². The molecule has 0 radical (unpaired) electrons. The van der Waals surface area contributed by atoms with Crippen molar-refractivity contribution in [1.29, 1.82) is 0 Å². The quantitative estimate of drug-likeness (QED) is 0.391. The molecular weight excluding hydrogens is 435 g/mol. The summed E-state index contributed by atoms with van der Waals surface area (Å²) in [5.74, 6) is 0.182. The lowest BCUT2D eigenvalue weighted by Crippen LogP contribution is -2.44. The molecule has 1 aliphatic rings. The van der Waals surface area contributed by atoms with Crippen LogP contribution in [0.3, 0.4) is 0 Å². The molecule has 0 aromatic heterocycles. The summed E-state index contributed by atoms with van der Waals surface area (Å²) in [4.78, 5) is 12.0. The first-order valence-electron chi connectivity index (χ1n) is 9.23. The van der Waals surface area contributed by atoms with E-state index in [4.69, 9.17) is 21.1 Å². The maximum Gasteiger partial charge on any atom is 0.332 e. The molecule has 1 atom stereocenters. The summed E-state index contributed by atoms with van der Waals surface area (Å²) in [5, 5.41) is 0. The van der Waals surface area contributed by atoms with Crippen LogP contribution in [0.4, 0.5) is 4.48 Å². The van der Waals surface area contributed by atoms with Gasteiger partial charge in [0.05, 0.1) is 0 Å². The molecule has 1 aliphatic heterocycles. The third-order valence-corrected chi connectivity index (χ3v) is 6.08. The average molecular weight is 457 g/mol. The fourth-order valence-corrected chi connectivity index (χ4v) is 4.09. The number of hydrogen-bond donors (Lipinski definition) is 1. The SMILES string of the molecule is CC1(C)CCc2cc(OCC(Cl)N(F)S(=O)(=O)NC(=O)c3ccccc3)ccc2O1. The first kappa shape index (κ1) is 22.3. The summed E-state index contributed by atoms with van der Waals surface area (Å²) in [5.41, 5.74) is -0.921. The van der Waals surface area contributed by atoms with Crippen LogP contribution in [0.25, 0.3) is 0 Å². The van der Waals surface area contributed by atoms with Crippen LogP contribution in [0.1, 0.15) is 36.2 Å². The summed E-state index contributed by atoms with van der Waals surface area (Å²) in [6.45, 7) is 3.54. The zero-order chi connectivity index (χ0) is 21.9. The van der Waals surface area contributed by atoms with E-state index < -0.39 is 32.8 Å². The Bertz CT molecular complexity index is 1020. The number of nitrogens with one attached hydrogen (secondary N) is 1. The predicted molar refractivity (Wildman–Crippen MR) is 110 cm³/mol. The number of hydrogen-bond acceptors (Lipinski definition) is 5. The largest absolute Gasteiger partial charge is 0.491 e. The Morgan fingerprint density at radius 2 is 2.00 bits per heavy atom. The summed E-state index contributed by atoms with van der Waals surface area (Å²) < 4.78 is 50.8. The molecule has 2 aromatic carbocycles. The zero-order valence-electron chi connectivity index (χ0n) is 16.5. The Labute approximate surface area is 179 Å². The molecule has 0 bridgehead atoms. The fourth-order valence-electron chi connectivity index (χ4n) is 2.91. The Morgan fingerprint density at radius 1 is 1.30 bits per heavy atom. The van der Waals surface area contributed by atoms with Crippen LogP contribution in [0, 0.1) is 0 Å². The van der Waals surface area contributed by atoms with Gasteiger partial charge < -0.3 is 9.47 Å². The minimum atomic E-state index is -4.80. The molecule has 0 spiro atoms. The van der Waals surface area contributed by atoms with Crippen molar-refractivity contribution in [1.82, 2.24) is 9.25 Å². The van der Waals surface area contributed by atoms with Crippen LogP contribution < -0.4 is 14.2 Å². The van der Waals surface area contributed by atoms with E-state index in [0.29, 0.717) is 5.75 Å². The molecule has 1 unspecified atom stereocenters. The molecule has 3 rings (SSSR count). The average Bonchev–Trinajstić information content (AvgIpc) is 2.71. The molecular formula is C20H22ClFN2O5S. The number of halogens is 2. The normalized spacial score (nSPS) is 16.3. The van der Waals surface area contributed by atoms with E-state index in [-0.39, 0.29) is 11.2 Å². The Hall–Kier alpha value is -2.36. The van der Waals surface area contributed by atoms with Gasteiger partial charge in [-0.15, -0.1) is 4.48 Å². The van der Waals surface area contributed by atoms with Gasteiger partial charge in [0.15, 0.2) is 5.50 Å². The molecule has 7 nitrogen and oxygen atoms in total. The molecule has 2 aromatic rings. The van der Waals surface area contributed by atoms with E-state index in [2.05, 4.69) is 0 Å². The molecule has 0 aliphatic carbocycles. The first-order valence-corrected chi connectivity index (χ1v) is 11.1. The van der Waals surface area contributed by atoms with Crippen molar-refractivity contribution in [2.24, 2.45) is 0 Å². The van der Waals surface area contributed by atoms with Gasteiger partial charge >= 0.3 is 10.2 Å². The highest BCUT2D eigenvalue weighted by atomic mass is 35.5. The number of carbonyl (C=O) groups is 1. The van der Waals surface area contributed by atoms with Gasteiger partial charge in [-0.1, -0.05) is 29.8 Å². The lowest BCUT2D eigenvalue weighted by atomic mass is 9.94. The van der Waals surface area contributed by atoms with Crippen LogP contribution in [-0.4, -0.2) is 36.6 Å². The highest BCUT2D eigenvalue weighted by molar-refractivity contribution is 7.87. The third-order valence-electron chi connectivity index (χ3n) is 4.51. The number of aryl methyl sites for hydroxylation is 1. The summed E-state index contributed by atoms with van der Waals surface area (Å²) >= 11 is 5.85. The second kappa shape index (κ2) is 8.79. The highest BCUT2D eigenvalue weighted by Crippen LogP contribution is 2.35. The fraction of sp³-hybridized carbons (Fsp3) is 0.350. The van der Waals surface area contributed by atoms with E-state index in [1.54, 1.807) is 41.1 Å². The van der Waals surface area contributed by atoms with Crippen molar-refractivity contribution >= 4 is 27.7 Å². The van der Waals surface area contributed by atoms with Crippen LogP contribution in [-0.2, 0) is 16.6 Å². The minimum absolute atomic E-state index is 0.0660.